The number of hydrazine groups is 1. The number of hydrogen-bond acceptors (Lipinski definition) is 8. The van der Waals surface area contributed by atoms with Crippen LogP contribution in [0.1, 0.15) is 40.1 Å². The number of morpholine rings is 1. The second-order valence-electron chi connectivity index (χ2n) is 9.91. The van der Waals surface area contributed by atoms with E-state index in [-0.39, 0.29) is 5.78 Å². The Balaban J connectivity index is 1.25. The van der Waals surface area contributed by atoms with Gasteiger partial charge in [-0.15, -0.1) is 11.3 Å². The summed E-state index contributed by atoms with van der Waals surface area (Å²) in [5.74, 6) is -0.216. The summed E-state index contributed by atoms with van der Waals surface area (Å²) in [5, 5.41) is 15.0. The van der Waals surface area contributed by atoms with Crippen LogP contribution in [-0.4, -0.2) is 84.3 Å². The number of urea groups is 1. The number of anilines is 2. The highest BCUT2D eigenvalue weighted by Gasteiger charge is 2.36. The highest BCUT2D eigenvalue weighted by Crippen LogP contribution is 2.46. The number of rotatable bonds is 8. The number of ether oxygens (including phenoxy) is 1. The number of piperidine rings is 1. The highest BCUT2D eigenvalue weighted by atomic mass is 32.1. The lowest BCUT2D eigenvalue weighted by atomic mass is 10.1. The second-order valence-corrected chi connectivity index (χ2v) is 11.1. The van der Waals surface area contributed by atoms with Crippen LogP contribution < -0.4 is 16.1 Å². The molecule has 3 aromatic rings. The van der Waals surface area contributed by atoms with E-state index in [1.54, 1.807) is 28.5 Å². The molecule has 1 aromatic carbocycles. The van der Waals surface area contributed by atoms with Crippen LogP contribution in [-0.2, 0) is 16.0 Å². The molecule has 39 heavy (non-hydrogen) atoms. The minimum absolute atomic E-state index is 0.216. The van der Waals surface area contributed by atoms with Gasteiger partial charge in [0.2, 0.25) is 6.41 Å². The highest BCUT2D eigenvalue weighted by molar-refractivity contribution is 7.16. The first-order valence-electron chi connectivity index (χ1n) is 13.3. The van der Waals surface area contributed by atoms with Gasteiger partial charge in [-0.1, -0.05) is 18.6 Å². The molecule has 0 atom stereocenters. The zero-order chi connectivity index (χ0) is 26.8. The van der Waals surface area contributed by atoms with Gasteiger partial charge in [0.05, 0.1) is 46.3 Å². The van der Waals surface area contributed by atoms with E-state index in [4.69, 9.17) is 4.74 Å². The van der Waals surface area contributed by atoms with E-state index >= 15 is 0 Å². The Hall–Kier alpha value is -3.58. The van der Waals surface area contributed by atoms with Gasteiger partial charge in [0, 0.05) is 30.1 Å². The first kappa shape index (κ1) is 25.7. The molecule has 11 nitrogen and oxygen atoms in total. The number of nitrogens with one attached hydrogen (secondary N) is 4. The number of ketones is 1. The molecule has 0 bridgehead atoms. The fourth-order valence-corrected chi connectivity index (χ4v) is 6.59. The third-order valence-electron chi connectivity index (χ3n) is 7.41. The lowest BCUT2D eigenvalue weighted by molar-refractivity contribution is -0.105. The quantitative estimate of drug-likeness (QED) is 0.248. The lowest BCUT2D eigenvalue weighted by Gasteiger charge is -2.27. The monoisotopic (exact) mass is 549 g/mol. The van der Waals surface area contributed by atoms with Crippen molar-refractivity contribution in [3.05, 3.63) is 40.3 Å². The molecule has 0 saturated carbocycles. The standard InChI is InChI=1S/C27H31N7O4S/c35-16-28-20-15-17(7-10-33-8-2-1-3-9-33)39-26(20)24-22-23(30-31-24)18-5-4-6-19(21(18)25(22)36)29-27(37)32-34-11-13-38-14-12-34/h4-6,15-16H,1-3,7-14H2,(H,28,35)(H,30,31)(H2,29,32,37). The van der Waals surface area contributed by atoms with Crippen LogP contribution in [0.25, 0.3) is 21.8 Å². The smallest absolute Gasteiger partial charge is 0.333 e. The van der Waals surface area contributed by atoms with Gasteiger partial charge in [-0.25, -0.2) is 9.80 Å². The van der Waals surface area contributed by atoms with Crippen molar-refractivity contribution >= 4 is 40.9 Å². The molecule has 0 unspecified atom stereocenters. The molecular weight excluding hydrogens is 518 g/mol. The predicted octanol–water partition coefficient (Wildman–Crippen LogP) is 3.32. The van der Waals surface area contributed by atoms with Crippen LogP contribution in [0, 0.1) is 0 Å². The summed E-state index contributed by atoms with van der Waals surface area (Å²) in [6.45, 7) is 5.50. The van der Waals surface area contributed by atoms with Gasteiger partial charge in [0.15, 0.2) is 5.78 Å². The molecule has 2 aromatic heterocycles. The van der Waals surface area contributed by atoms with Crippen molar-refractivity contribution in [2.45, 2.75) is 25.7 Å². The minimum atomic E-state index is -0.416. The third-order valence-corrected chi connectivity index (χ3v) is 8.61. The normalized spacial score (nSPS) is 17.5. The maximum atomic E-state index is 13.8. The largest absolute Gasteiger partial charge is 0.379 e. The lowest BCUT2D eigenvalue weighted by Crippen LogP contribution is -2.49. The number of aromatic amines is 1. The molecule has 2 saturated heterocycles. The van der Waals surface area contributed by atoms with Crippen LogP contribution in [0.15, 0.2) is 24.3 Å². The van der Waals surface area contributed by atoms with Gasteiger partial charge >= 0.3 is 6.03 Å². The second kappa shape index (κ2) is 11.3. The van der Waals surface area contributed by atoms with Gasteiger partial charge in [0.25, 0.3) is 0 Å². The number of thiophene rings is 1. The fourth-order valence-electron chi connectivity index (χ4n) is 5.49. The first-order chi connectivity index (χ1) is 19.1. The van der Waals surface area contributed by atoms with E-state index in [2.05, 4.69) is 31.2 Å². The number of likely N-dealkylation sites (tertiary alicyclic amines) is 1. The molecule has 12 heteroatoms. The Kier molecular flexibility index (Phi) is 7.42. The molecule has 3 aliphatic rings. The summed E-state index contributed by atoms with van der Waals surface area (Å²) >= 11 is 1.55. The maximum Gasteiger partial charge on any atom is 0.333 e. The molecule has 1 aliphatic carbocycles. The van der Waals surface area contributed by atoms with Gasteiger partial charge in [-0.3, -0.25) is 20.1 Å². The van der Waals surface area contributed by atoms with E-state index in [0.717, 1.165) is 35.8 Å². The van der Waals surface area contributed by atoms with Crippen molar-refractivity contribution in [2.75, 3.05) is 56.6 Å². The maximum absolute atomic E-state index is 13.8. The van der Waals surface area contributed by atoms with Gasteiger partial charge in [0.1, 0.15) is 5.69 Å². The number of carbonyl (C=O) groups is 3. The molecular formula is C27H31N7O4S. The summed E-state index contributed by atoms with van der Waals surface area (Å²) in [6, 6.07) is 6.93. The molecule has 3 amide bonds. The van der Waals surface area contributed by atoms with Crippen LogP contribution in [0.4, 0.5) is 16.2 Å². The topological polar surface area (TPSA) is 132 Å². The summed E-state index contributed by atoms with van der Waals surface area (Å²) in [5.41, 5.74) is 6.57. The molecule has 6 rings (SSSR count). The average Bonchev–Trinajstić information content (AvgIpc) is 3.64. The van der Waals surface area contributed by atoms with E-state index in [1.165, 1.54) is 19.3 Å². The number of amides is 3. The SMILES string of the molecule is O=CNc1cc(CCN2CCCCC2)sc1-c1n[nH]c2c1C(=O)c1c(NC(=O)NN3CCOCC3)cccc1-2. The Morgan fingerprint density at radius 2 is 1.92 bits per heavy atom. The zero-order valence-corrected chi connectivity index (χ0v) is 22.4. The summed E-state index contributed by atoms with van der Waals surface area (Å²) in [6.07, 6.45) is 5.29. The number of H-pyrrole nitrogens is 1. The molecule has 204 valence electrons. The third kappa shape index (κ3) is 5.20. The van der Waals surface area contributed by atoms with Gasteiger partial charge < -0.3 is 20.3 Å². The Labute approximate surface area is 229 Å². The number of nitrogens with zero attached hydrogens (tertiary/aromatic N) is 3. The van der Waals surface area contributed by atoms with Crippen molar-refractivity contribution in [3.8, 4) is 21.8 Å². The molecule has 4 heterocycles. The van der Waals surface area contributed by atoms with Crippen LogP contribution in [0.2, 0.25) is 0 Å². The number of hydrogen-bond donors (Lipinski definition) is 4. The van der Waals surface area contributed by atoms with E-state index < -0.39 is 6.03 Å². The average molecular weight is 550 g/mol. The van der Waals surface area contributed by atoms with Crippen LogP contribution in [0.5, 0.6) is 0 Å². The van der Waals surface area contributed by atoms with E-state index in [0.29, 0.717) is 72.2 Å². The van der Waals surface area contributed by atoms with Crippen molar-refractivity contribution in [3.63, 3.8) is 0 Å². The molecule has 2 aliphatic heterocycles. The number of fused-ring (bicyclic) bond motifs is 3. The summed E-state index contributed by atoms with van der Waals surface area (Å²) < 4.78 is 5.32. The van der Waals surface area contributed by atoms with Gasteiger partial charge in [-0.05, 0) is 44.5 Å². The number of aromatic nitrogens is 2. The molecule has 2 fully saturated rings. The van der Waals surface area contributed by atoms with Crippen molar-refractivity contribution in [1.82, 2.24) is 25.5 Å². The van der Waals surface area contributed by atoms with E-state index in [9.17, 15) is 14.4 Å². The van der Waals surface area contributed by atoms with Crippen molar-refractivity contribution in [1.29, 1.82) is 0 Å². The van der Waals surface area contributed by atoms with Gasteiger partial charge in [-0.2, -0.15) is 5.10 Å². The Morgan fingerprint density at radius 3 is 2.72 bits per heavy atom. The van der Waals surface area contributed by atoms with Crippen LogP contribution in [0.3, 0.4) is 0 Å². The van der Waals surface area contributed by atoms with Crippen molar-refractivity contribution < 1.29 is 19.1 Å². The number of carbonyl (C=O) groups excluding carboxylic acids is 3. The Bertz CT molecular complexity index is 1390. The van der Waals surface area contributed by atoms with E-state index in [1.807, 2.05) is 12.1 Å². The molecule has 0 radical (unpaired) electrons. The summed E-state index contributed by atoms with van der Waals surface area (Å²) in [7, 11) is 0. The molecule has 0 spiro atoms. The summed E-state index contributed by atoms with van der Waals surface area (Å²) in [4.78, 5) is 42.3. The molecule has 4 N–H and O–H groups in total. The zero-order valence-electron chi connectivity index (χ0n) is 21.5. The first-order valence-corrected chi connectivity index (χ1v) is 14.2. The van der Waals surface area contributed by atoms with Crippen LogP contribution >= 0.6 is 11.3 Å². The minimum Gasteiger partial charge on any atom is -0.379 e. The predicted molar refractivity (Wildman–Crippen MR) is 149 cm³/mol. The van der Waals surface area contributed by atoms with Crippen molar-refractivity contribution in [2.24, 2.45) is 0 Å². The fraction of sp³-hybridized carbons (Fsp3) is 0.407. The Morgan fingerprint density at radius 1 is 1.10 bits per heavy atom. The number of benzene rings is 1.